The van der Waals surface area contributed by atoms with Crippen molar-refractivity contribution >= 4 is 5.69 Å². The Kier molecular flexibility index (Phi) is 2.33. The number of hydrogen-bond acceptors (Lipinski definition) is 3. The first-order valence-electron chi connectivity index (χ1n) is 4.67. The van der Waals surface area contributed by atoms with Gasteiger partial charge in [-0.3, -0.25) is 0 Å². The smallest absolute Gasteiger partial charge is 0.143 e. The van der Waals surface area contributed by atoms with Crippen LogP contribution in [0.5, 0.6) is 5.75 Å². The number of ether oxygens (including phenoxy) is 1. The molecule has 0 saturated heterocycles. The molecule has 0 saturated carbocycles. The standard InChI is InChI=1S/C11H13N3O/c1-8-13-6-7-14(8)9-4-3-5-10(15-2)11(9)12/h3-7H,12H2,1-2H3. The molecule has 0 bridgehead atoms. The van der Waals surface area contributed by atoms with Crippen molar-refractivity contribution in [3.63, 3.8) is 0 Å². The van der Waals surface area contributed by atoms with E-state index in [-0.39, 0.29) is 0 Å². The highest BCUT2D eigenvalue weighted by atomic mass is 16.5. The number of nitrogen functional groups attached to an aromatic ring is 1. The molecule has 0 fully saturated rings. The zero-order valence-electron chi connectivity index (χ0n) is 8.77. The lowest BCUT2D eigenvalue weighted by atomic mass is 10.2. The van der Waals surface area contributed by atoms with E-state index in [1.54, 1.807) is 13.3 Å². The van der Waals surface area contributed by atoms with Gasteiger partial charge in [0.1, 0.15) is 11.6 Å². The van der Waals surface area contributed by atoms with Gasteiger partial charge in [-0.2, -0.15) is 0 Å². The summed E-state index contributed by atoms with van der Waals surface area (Å²) < 4.78 is 7.09. The third kappa shape index (κ3) is 1.54. The van der Waals surface area contributed by atoms with Gasteiger partial charge in [-0.25, -0.2) is 4.98 Å². The number of hydrogen-bond donors (Lipinski definition) is 1. The summed E-state index contributed by atoms with van der Waals surface area (Å²) >= 11 is 0. The van der Waals surface area contributed by atoms with Crippen molar-refractivity contribution in [1.29, 1.82) is 0 Å². The van der Waals surface area contributed by atoms with Crippen LogP contribution in [-0.2, 0) is 0 Å². The molecule has 1 heterocycles. The molecule has 78 valence electrons. The predicted molar refractivity (Wildman–Crippen MR) is 59.3 cm³/mol. The van der Waals surface area contributed by atoms with Crippen LogP contribution < -0.4 is 10.5 Å². The average molecular weight is 203 g/mol. The van der Waals surface area contributed by atoms with Gasteiger partial charge in [-0.05, 0) is 19.1 Å². The third-order valence-electron chi connectivity index (χ3n) is 2.35. The first-order valence-corrected chi connectivity index (χ1v) is 4.67. The van der Waals surface area contributed by atoms with E-state index >= 15 is 0 Å². The molecule has 2 aromatic rings. The number of nitrogens with two attached hydrogens (primary N) is 1. The van der Waals surface area contributed by atoms with Crippen LogP contribution in [0.25, 0.3) is 5.69 Å². The molecule has 0 atom stereocenters. The number of benzene rings is 1. The molecule has 0 aliphatic carbocycles. The van der Waals surface area contributed by atoms with Crippen LogP contribution in [0.3, 0.4) is 0 Å². The summed E-state index contributed by atoms with van der Waals surface area (Å²) in [5.74, 6) is 1.58. The molecule has 0 amide bonds. The molecular weight excluding hydrogens is 190 g/mol. The molecule has 4 heteroatoms. The van der Waals surface area contributed by atoms with Gasteiger partial charge >= 0.3 is 0 Å². The number of aromatic nitrogens is 2. The van der Waals surface area contributed by atoms with Gasteiger partial charge in [0.2, 0.25) is 0 Å². The van der Waals surface area contributed by atoms with Crippen molar-refractivity contribution in [3.05, 3.63) is 36.4 Å². The van der Waals surface area contributed by atoms with E-state index < -0.39 is 0 Å². The molecule has 0 spiro atoms. The Morgan fingerprint density at radius 3 is 2.80 bits per heavy atom. The first kappa shape index (κ1) is 9.58. The number of aryl methyl sites for hydroxylation is 1. The molecule has 2 rings (SSSR count). The summed E-state index contributed by atoms with van der Waals surface area (Å²) in [6.45, 7) is 1.93. The number of nitrogens with zero attached hydrogens (tertiary/aromatic N) is 2. The second kappa shape index (κ2) is 3.65. The van der Waals surface area contributed by atoms with Gasteiger partial charge < -0.3 is 15.0 Å². The largest absolute Gasteiger partial charge is 0.495 e. The molecule has 1 aromatic carbocycles. The monoisotopic (exact) mass is 203 g/mol. The van der Waals surface area contributed by atoms with E-state index in [9.17, 15) is 0 Å². The van der Waals surface area contributed by atoms with Crippen LogP contribution in [0.4, 0.5) is 5.69 Å². The number of anilines is 1. The molecule has 4 nitrogen and oxygen atoms in total. The Balaban J connectivity index is 2.59. The summed E-state index contributed by atoms with van der Waals surface area (Å²) in [5, 5.41) is 0. The van der Waals surface area contributed by atoms with Crippen LogP contribution in [0.2, 0.25) is 0 Å². The zero-order chi connectivity index (χ0) is 10.8. The SMILES string of the molecule is COc1cccc(-n2ccnc2C)c1N. The molecule has 0 aliphatic heterocycles. The predicted octanol–water partition coefficient (Wildman–Crippen LogP) is 1.77. The molecule has 0 aliphatic rings. The Morgan fingerprint density at radius 1 is 1.40 bits per heavy atom. The van der Waals surface area contributed by atoms with E-state index in [1.807, 2.05) is 35.9 Å². The van der Waals surface area contributed by atoms with Gasteiger partial charge in [-0.1, -0.05) is 6.07 Å². The zero-order valence-corrected chi connectivity index (χ0v) is 8.77. The van der Waals surface area contributed by atoms with Crippen molar-refractivity contribution < 1.29 is 4.74 Å². The van der Waals surface area contributed by atoms with Crippen molar-refractivity contribution in [3.8, 4) is 11.4 Å². The molecule has 2 N–H and O–H groups in total. The number of rotatable bonds is 2. The fourth-order valence-electron chi connectivity index (χ4n) is 1.55. The Bertz CT molecular complexity index is 476. The lowest BCUT2D eigenvalue weighted by molar-refractivity contribution is 0.417. The van der Waals surface area contributed by atoms with E-state index in [0.717, 1.165) is 11.5 Å². The van der Waals surface area contributed by atoms with E-state index in [2.05, 4.69) is 4.98 Å². The highest BCUT2D eigenvalue weighted by molar-refractivity contribution is 5.66. The molecular formula is C11H13N3O. The highest BCUT2D eigenvalue weighted by Gasteiger charge is 2.08. The average Bonchev–Trinajstić information content (AvgIpc) is 2.65. The number of para-hydroxylation sites is 1. The maximum absolute atomic E-state index is 5.98. The Hall–Kier alpha value is -1.97. The van der Waals surface area contributed by atoms with E-state index in [0.29, 0.717) is 11.4 Å². The summed E-state index contributed by atoms with van der Waals surface area (Å²) in [4.78, 5) is 4.16. The maximum Gasteiger partial charge on any atom is 0.143 e. The van der Waals surface area contributed by atoms with Crippen molar-refractivity contribution in [2.24, 2.45) is 0 Å². The van der Waals surface area contributed by atoms with Gasteiger partial charge in [0.15, 0.2) is 0 Å². The van der Waals surface area contributed by atoms with Gasteiger partial charge in [0.25, 0.3) is 0 Å². The van der Waals surface area contributed by atoms with Crippen LogP contribution >= 0.6 is 0 Å². The summed E-state index contributed by atoms with van der Waals surface area (Å²) in [5.41, 5.74) is 7.50. The van der Waals surface area contributed by atoms with Crippen molar-refractivity contribution in [2.45, 2.75) is 6.92 Å². The fraction of sp³-hybridized carbons (Fsp3) is 0.182. The molecule has 0 radical (unpaired) electrons. The second-order valence-corrected chi connectivity index (χ2v) is 3.24. The summed E-state index contributed by atoms with van der Waals surface area (Å²) in [6, 6.07) is 5.68. The molecule has 1 aromatic heterocycles. The Labute approximate surface area is 88.3 Å². The fourth-order valence-corrected chi connectivity index (χ4v) is 1.55. The molecule has 0 unspecified atom stereocenters. The van der Waals surface area contributed by atoms with Gasteiger partial charge in [0, 0.05) is 12.4 Å². The van der Waals surface area contributed by atoms with Gasteiger partial charge in [0.05, 0.1) is 18.5 Å². The quantitative estimate of drug-likeness (QED) is 0.757. The lowest BCUT2D eigenvalue weighted by Gasteiger charge is -2.11. The van der Waals surface area contributed by atoms with E-state index in [1.165, 1.54) is 0 Å². The van der Waals surface area contributed by atoms with E-state index in [4.69, 9.17) is 10.5 Å². The third-order valence-corrected chi connectivity index (χ3v) is 2.35. The maximum atomic E-state index is 5.98. The minimum Gasteiger partial charge on any atom is -0.495 e. The lowest BCUT2D eigenvalue weighted by Crippen LogP contribution is -2.02. The minimum absolute atomic E-state index is 0.626. The Morgan fingerprint density at radius 2 is 2.20 bits per heavy atom. The summed E-state index contributed by atoms with van der Waals surface area (Å²) in [6.07, 6.45) is 3.62. The normalized spacial score (nSPS) is 10.3. The number of imidazole rings is 1. The number of methoxy groups -OCH3 is 1. The van der Waals surface area contributed by atoms with Crippen LogP contribution in [0.15, 0.2) is 30.6 Å². The van der Waals surface area contributed by atoms with Crippen molar-refractivity contribution in [2.75, 3.05) is 12.8 Å². The topological polar surface area (TPSA) is 53.1 Å². The second-order valence-electron chi connectivity index (χ2n) is 3.24. The summed E-state index contributed by atoms with van der Waals surface area (Å²) in [7, 11) is 1.61. The first-order chi connectivity index (χ1) is 7.24. The van der Waals surface area contributed by atoms with Crippen LogP contribution in [0.1, 0.15) is 5.82 Å². The van der Waals surface area contributed by atoms with Gasteiger partial charge in [-0.15, -0.1) is 0 Å². The van der Waals surface area contributed by atoms with Crippen LogP contribution in [-0.4, -0.2) is 16.7 Å². The molecule has 15 heavy (non-hydrogen) atoms. The minimum atomic E-state index is 0.626. The highest BCUT2D eigenvalue weighted by Crippen LogP contribution is 2.28. The van der Waals surface area contributed by atoms with Crippen LogP contribution in [0, 0.1) is 6.92 Å². The van der Waals surface area contributed by atoms with Crippen molar-refractivity contribution in [1.82, 2.24) is 9.55 Å².